The Labute approximate surface area is 272 Å². The predicted molar refractivity (Wildman–Crippen MR) is 170 cm³/mol. The Morgan fingerprint density at radius 3 is 1.40 bits per heavy atom. The van der Waals surface area contributed by atoms with Gasteiger partial charge in [-0.2, -0.15) is 0 Å². The Morgan fingerprint density at radius 1 is 0.596 bits per heavy atom. The molecule has 2 aromatic carbocycles. The van der Waals surface area contributed by atoms with E-state index in [4.69, 9.17) is 13.9 Å². The summed E-state index contributed by atoms with van der Waals surface area (Å²) < 4.78 is 17.0. The van der Waals surface area contributed by atoms with Crippen molar-refractivity contribution in [3.8, 4) is 22.9 Å². The van der Waals surface area contributed by atoms with E-state index in [1.165, 1.54) is 0 Å². The lowest BCUT2D eigenvalue weighted by Crippen LogP contribution is -2.47. The lowest BCUT2D eigenvalue weighted by molar-refractivity contribution is -0.144. The van der Waals surface area contributed by atoms with E-state index in [0.717, 1.165) is 25.7 Å². The highest BCUT2D eigenvalue weighted by Gasteiger charge is 2.39. The summed E-state index contributed by atoms with van der Waals surface area (Å²) in [7, 11) is 0. The van der Waals surface area contributed by atoms with Gasteiger partial charge >= 0.3 is 0 Å². The van der Waals surface area contributed by atoms with Crippen molar-refractivity contribution in [3.63, 3.8) is 0 Å². The number of carbonyl (C=O) groups is 4. The van der Waals surface area contributed by atoms with Gasteiger partial charge in [-0.05, 0) is 99.9 Å². The molecule has 4 amide bonds. The fourth-order valence-electron chi connectivity index (χ4n) is 6.82. The van der Waals surface area contributed by atoms with Gasteiger partial charge in [-0.3, -0.25) is 19.2 Å². The molecule has 13 nitrogen and oxygen atoms in total. The minimum atomic E-state index is -0.511. The van der Waals surface area contributed by atoms with Crippen LogP contribution in [0.4, 0.5) is 11.4 Å². The largest absolute Gasteiger partial charge is 0.416 e. The number of carbonyl (C=O) groups excluding carboxylic acids is 4. The average molecular weight is 643 g/mol. The first kappa shape index (κ1) is 31.0. The molecule has 1 aromatic heterocycles. The minimum Gasteiger partial charge on any atom is -0.416 e. The maximum Gasteiger partial charge on any atom is 0.252 e. The zero-order valence-electron chi connectivity index (χ0n) is 26.1. The second-order valence-corrected chi connectivity index (χ2v) is 12.4. The SMILES string of the molecule is O=C(Nc1ccc(-c2nnc(-c3ccc(NC(=O)[C@@H]4CCCN4C(=O)[C@@H]4CCCO4)cc3)o2)cc1)[C@@H]1CCCN1C(=O)[C@@H]1CCCO1. The van der Waals surface area contributed by atoms with Crippen LogP contribution in [0.15, 0.2) is 52.9 Å². The molecule has 0 bridgehead atoms. The highest BCUT2D eigenvalue weighted by Crippen LogP contribution is 2.28. The molecule has 47 heavy (non-hydrogen) atoms. The van der Waals surface area contributed by atoms with Gasteiger partial charge in [0.05, 0.1) is 0 Å². The first-order chi connectivity index (χ1) is 22.9. The van der Waals surface area contributed by atoms with Gasteiger partial charge in [-0.25, -0.2) is 0 Å². The Balaban J connectivity index is 0.940. The first-order valence-corrected chi connectivity index (χ1v) is 16.4. The van der Waals surface area contributed by atoms with E-state index in [9.17, 15) is 19.2 Å². The van der Waals surface area contributed by atoms with E-state index in [0.29, 0.717) is 86.3 Å². The molecule has 4 aliphatic heterocycles. The van der Waals surface area contributed by atoms with Gasteiger partial charge in [-0.15, -0.1) is 10.2 Å². The van der Waals surface area contributed by atoms with E-state index in [2.05, 4.69) is 20.8 Å². The molecule has 4 saturated heterocycles. The molecule has 246 valence electrons. The molecule has 0 aliphatic carbocycles. The Kier molecular flexibility index (Phi) is 8.99. The van der Waals surface area contributed by atoms with Gasteiger partial charge in [0.15, 0.2) is 0 Å². The summed E-state index contributed by atoms with van der Waals surface area (Å²) >= 11 is 0. The molecule has 3 aromatic rings. The van der Waals surface area contributed by atoms with Crippen LogP contribution in [-0.4, -0.2) is 94.2 Å². The van der Waals surface area contributed by atoms with E-state index in [-0.39, 0.29) is 23.6 Å². The summed E-state index contributed by atoms with van der Waals surface area (Å²) in [5.41, 5.74) is 2.56. The molecule has 0 saturated carbocycles. The molecular weight excluding hydrogens is 604 g/mol. The Hall–Kier alpha value is -4.62. The van der Waals surface area contributed by atoms with Crippen molar-refractivity contribution in [3.05, 3.63) is 48.5 Å². The van der Waals surface area contributed by atoms with Crippen LogP contribution in [0.3, 0.4) is 0 Å². The molecule has 4 atom stereocenters. The second-order valence-electron chi connectivity index (χ2n) is 12.4. The zero-order chi connectivity index (χ0) is 32.3. The first-order valence-electron chi connectivity index (χ1n) is 16.4. The number of rotatable bonds is 8. The van der Waals surface area contributed by atoms with Crippen molar-refractivity contribution in [2.75, 3.05) is 36.9 Å². The van der Waals surface area contributed by atoms with Crippen LogP contribution in [0.5, 0.6) is 0 Å². The van der Waals surface area contributed by atoms with Gasteiger partial charge in [0, 0.05) is 48.8 Å². The number of likely N-dealkylation sites (tertiary alicyclic amines) is 2. The molecule has 7 rings (SSSR count). The molecular formula is C34H38N6O7. The van der Waals surface area contributed by atoms with Crippen molar-refractivity contribution in [2.24, 2.45) is 0 Å². The summed E-state index contributed by atoms with van der Waals surface area (Å²) in [6.07, 6.45) is 5.05. The van der Waals surface area contributed by atoms with Gasteiger partial charge in [0.1, 0.15) is 24.3 Å². The van der Waals surface area contributed by atoms with Crippen molar-refractivity contribution >= 4 is 35.0 Å². The number of hydrogen-bond acceptors (Lipinski definition) is 9. The number of hydrogen-bond donors (Lipinski definition) is 2. The smallest absolute Gasteiger partial charge is 0.252 e. The molecule has 0 unspecified atom stereocenters. The normalized spacial score (nSPS) is 24.1. The highest BCUT2D eigenvalue weighted by molar-refractivity contribution is 5.99. The van der Waals surface area contributed by atoms with Crippen LogP contribution in [0.2, 0.25) is 0 Å². The second kappa shape index (κ2) is 13.6. The number of nitrogens with one attached hydrogen (secondary N) is 2. The number of ether oxygens (including phenoxy) is 2. The molecule has 13 heteroatoms. The van der Waals surface area contributed by atoms with Crippen LogP contribution < -0.4 is 10.6 Å². The number of amides is 4. The molecule has 2 N–H and O–H groups in total. The zero-order valence-corrected chi connectivity index (χ0v) is 26.1. The third kappa shape index (κ3) is 6.63. The summed E-state index contributed by atoms with van der Waals surface area (Å²) in [4.78, 5) is 55.2. The molecule has 5 heterocycles. The minimum absolute atomic E-state index is 0.0964. The Morgan fingerprint density at radius 2 is 1.02 bits per heavy atom. The van der Waals surface area contributed by atoms with Crippen LogP contribution in [0, 0.1) is 0 Å². The van der Waals surface area contributed by atoms with Crippen LogP contribution >= 0.6 is 0 Å². The monoisotopic (exact) mass is 642 g/mol. The average Bonchev–Trinajstić information content (AvgIpc) is 3.93. The molecule has 0 spiro atoms. The number of nitrogens with zero attached hydrogens (tertiary/aromatic N) is 4. The van der Waals surface area contributed by atoms with E-state index in [1.807, 2.05) is 0 Å². The number of benzene rings is 2. The summed E-state index contributed by atoms with van der Waals surface area (Å²) in [6, 6.07) is 13.1. The van der Waals surface area contributed by atoms with Crippen LogP contribution in [0.1, 0.15) is 51.4 Å². The van der Waals surface area contributed by atoms with Gasteiger partial charge in [0.25, 0.3) is 11.8 Å². The Bertz CT molecular complexity index is 1490. The lowest BCUT2D eigenvalue weighted by Gasteiger charge is -2.26. The molecule has 4 fully saturated rings. The van der Waals surface area contributed by atoms with Crippen LogP contribution in [-0.2, 0) is 28.7 Å². The predicted octanol–water partition coefficient (Wildman–Crippen LogP) is 3.62. The quantitative estimate of drug-likeness (QED) is 0.375. The summed E-state index contributed by atoms with van der Waals surface area (Å²) in [6.45, 7) is 2.29. The molecule has 0 radical (unpaired) electrons. The maximum atomic E-state index is 13.1. The van der Waals surface area contributed by atoms with Gasteiger partial charge in [-0.1, -0.05) is 0 Å². The van der Waals surface area contributed by atoms with Crippen molar-refractivity contribution in [1.29, 1.82) is 0 Å². The summed E-state index contributed by atoms with van der Waals surface area (Å²) in [5.74, 6) is 0.0121. The maximum absolute atomic E-state index is 13.1. The standard InChI is InChI=1S/C34H38N6O7/c41-29(25-5-1-17-39(25)33(43)27-7-3-19-45-27)35-23-13-9-21(10-14-23)31-37-38-32(47-31)22-11-15-24(16-12-22)36-30(42)26-6-2-18-40(26)34(44)28-8-4-20-46-28/h9-16,25-28H,1-8,17-20H2,(H,35,41)(H,36,42)/t25-,26-,27-,28-/m0/s1. The lowest BCUT2D eigenvalue weighted by atomic mass is 10.1. The third-order valence-corrected chi connectivity index (χ3v) is 9.31. The highest BCUT2D eigenvalue weighted by atomic mass is 16.5. The van der Waals surface area contributed by atoms with Crippen molar-refractivity contribution in [2.45, 2.75) is 75.7 Å². The van der Waals surface area contributed by atoms with E-state index >= 15 is 0 Å². The fourth-order valence-corrected chi connectivity index (χ4v) is 6.82. The number of aromatic nitrogens is 2. The molecule has 4 aliphatic rings. The topological polar surface area (TPSA) is 156 Å². The van der Waals surface area contributed by atoms with Crippen molar-refractivity contribution < 1.29 is 33.1 Å². The number of anilines is 2. The van der Waals surface area contributed by atoms with Crippen molar-refractivity contribution in [1.82, 2.24) is 20.0 Å². The van der Waals surface area contributed by atoms with Gasteiger partial charge in [0.2, 0.25) is 23.6 Å². The van der Waals surface area contributed by atoms with Crippen LogP contribution in [0.25, 0.3) is 22.9 Å². The van der Waals surface area contributed by atoms with E-state index in [1.54, 1.807) is 58.3 Å². The fraction of sp³-hybridized carbons (Fsp3) is 0.471. The summed E-state index contributed by atoms with van der Waals surface area (Å²) in [5, 5.41) is 14.2. The third-order valence-electron chi connectivity index (χ3n) is 9.31. The van der Waals surface area contributed by atoms with Gasteiger partial charge < -0.3 is 34.3 Å². The van der Waals surface area contributed by atoms with E-state index < -0.39 is 24.3 Å².